The summed E-state index contributed by atoms with van der Waals surface area (Å²) < 4.78 is 9.12. The van der Waals surface area contributed by atoms with E-state index in [0.29, 0.717) is 17.5 Å². The van der Waals surface area contributed by atoms with Gasteiger partial charge in [0, 0.05) is 58.8 Å². The normalized spacial score (nSPS) is 11.6. The first-order valence-corrected chi connectivity index (χ1v) is 19.5. The molecule has 11 rings (SSSR count). The van der Waals surface area contributed by atoms with Gasteiger partial charge in [0.2, 0.25) is 0 Å². The van der Waals surface area contributed by atoms with E-state index >= 15 is 0 Å². The lowest BCUT2D eigenvalue weighted by atomic mass is 9.93. The number of benzene rings is 8. The molecule has 11 aromatic rings. The van der Waals surface area contributed by atoms with Crippen molar-refractivity contribution >= 4 is 53.4 Å². The Bertz CT molecular complexity index is 3170. The lowest BCUT2D eigenvalue weighted by Crippen LogP contribution is -2.00. The van der Waals surface area contributed by atoms with E-state index in [1.165, 1.54) is 26.6 Å². The molecule has 0 bridgehead atoms. The van der Waals surface area contributed by atoms with Gasteiger partial charge < -0.3 is 4.42 Å². The number of aromatic nitrogens is 3. The summed E-state index contributed by atoms with van der Waals surface area (Å²) in [6.07, 6.45) is 0. The van der Waals surface area contributed by atoms with Crippen LogP contribution in [0, 0.1) is 0 Å². The van der Waals surface area contributed by atoms with Crippen LogP contribution in [-0.4, -0.2) is 15.0 Å². The van der Waals surface area contributed by atoms with Crippen LogP contribution >= 0.6 is 11.3 Å². The SMILES string of the molecule is c1ccc(-c2ccc(-c3ccc(-c4cccc5c4sc4c(-c6nc(-c7ccccc7)nc(-c7ccccc7)n6)cccc45)c4oc5ccccc5c34)cc2)cc1. The smallest absolute Gasteiger partial charge is 0.165 e. The quantitative estimate of drug-likeness (QED) is 0.171. The molecule has 0 N–H and O–H groups in total. The van der Waals surface area contributed by atoms with E-state index < -0.39 is 0 Å². The molecule has 0 atom stereocenters. The molecule has 3 aromatic heterocycles. The first-order chi connectivity index (χ1) is 27.8. The van der Waals surface area contributed by atoms with Gasteiger partial charge in [0.1, 0.15) is 11.2 Å². The Labute approximate surface area is 327 Å². The summed E-state index contributed by atoms with van der Waals surface area (Å²) in [7, 11) is 0. The van der Waals surface area contributed by atoms with E-state index in [9.17, 15) is 0 Å². The number of hydrogen-bond donors (Lipinski definition) is 0. The third-order valence-corrected chi connectivity index (χ3v) is 11.9. The van der Waals surface area contributed by atoms with Gasteiger partial charge in [0.05, 0.1) is 0 Å². The first kappa shape index (κ1) is 32.2. The molecule has 0 saturated carbocycles. The van der Waals surface area contributed by atoms with Crippen molar-refractivity contribution < 1.29 is 4.42 Å². The monoisotopic (exact) mass is 733 g/mol. The molecule has 0 aliphatic carbocycles. The van der Waals surface area contributed by atoms with E-state index in [4.69, 9.17) is 19.4 Å². The fourth-order valence-electron chi connectivity index (χ4n) is 7.89. The standard InChI is InChI=1S/C51H31N3OS/c1-4-14-32(15-5-1)33-26-28-34(29-27-33)37-30-31-38(46-45(37)42-20-10-11-25-44(42)55-46)39-21-12-22-40-41-23-13-24-43(48(41)56-47(39)40)51-53-49(35-16-6-2-7-17-35)52-50(54-51)36-18-8-3-9-19-36/h1-31H. The maximum atomic E-state index is 6.80. The van der Waals surface area contributed by atoms with Crippen molar-refractivity contribution in [3.63, 3.8) is 0 Å². The second-order valence-electron chi connectivity index (χ2n) is 13.9. The Balaban J connectivity index is 1.10. The molecule has 8 aromatic carbocycles. The number of thiophene rings is 1. The van der Waals surface area contributed by atoms with Crippen LogP contribution in [0.25, 0.3) is 110 Å². The van der Waals surface area contributed by atoms with E-state index in [1.54, 1.807) is 11.3 Å². The van der Waals surface area contributed by atoms with Crippen LogP contribution in [0.2, 0.25) is 0 Å². The topological polar surface area (TPSA) is 51.8 Å². The number of rotatable bonds is 6. The lowest BCUT2D eigenvalue weighted by molar-refractivity contribution is 0.670. The number of para-hydroxylation sites is 1. The molecule has 0 aliphatic rings. The Morgan fingerprint density at radius 1 is 0.321 bits per heavy atom. The van der Waals surface area contributed by atoms with Crippen molar-refractivity contribution in [2.75, 3.05) is 0 Å². The molecule has 0 saturated heterocycles. The molecule has 0 spiro atoms. The molecule has 0 aliphatic heterocycles. The average Bonchev–Trinajstić information content (AvgIpc) is 3.87. The molecular formula is C51H31N3OS. The summed E-state index contributed by atoms with van der Waals surface area (Å²) in [5.74, 6) is 1.95. The predicted molar refractivity (Wildman–Crippen MR) is 233 cm³/mol. The number of fused-ring (bicyclic) bond motifs is 6. The van der Waals surface area contributed by atoms with Crippen molar-refractivity contribution in [2.24, 2.45) is 0 Å². The highest BCUT2D eigenvalue weighted by Gasteiger charge is 2.21. The molecule has 0 radical (unpaired) electrons. The predicted octanol–water partition coefficient (Wildman–Crippen LogP) is 14.1. The highest BCUT2D eigenvalue weighted by molar-refractivity contribution is 7.26. The van der Waals surface area contributed by atoms with Crippen LogP contribution in [0.15, 0.2) is 192 Å². The van der Waals surface area contributed by atoms with Gasteiger partial charge in [0.25, 0.3) is 0 Å². The van der Waals surface area contributed by atoms with Gasteiger partial charge in [0.15, 0.2) is 17.5 Å². The van der Waals surface area contributed by atoms with Crippen molar-refractivity contribution in [2.45, 2.75) is 0 Å². The van der Waals surface area contributed by atoms with E-state index in [2.05, 4.69) is 121 Å². The maximum absolute atomic E-state index is 6.80. The summed E-state index contributed by atoms with van der Waals surface area (Å²) in [5.41, 5.74) is 11.5. The van der Waals surface area contributed by atoms with Gasteiger partial charge in [-0.1, -0.05) is 170 Å². The van der Waals surface area contributed by atoms with Crippen LogP contribution in [0.5, 0.6) is 0 Å². The second kappa shape index (κ2) is 13.3. The van der Waals surface area contributed by atoms with E-state index in [1.807, 2.05) is 66.7 Å². The van der Waals surface area contributed by atoms with Crippen molar-refractivity contribution in [1.29, 1.82) is 0 Å². The van der Waals surface area contributed by atoms with Crippen LogP contribution in [0.3, 0.4) is 0 Å². The van der Waals surface area contributed by atoms with Crippen LogP contribution in [-0.2, 0) is 0 Å². The number of nitrogens with zero attached hydrogens (tertiary/aromatic N) is 3. The molecule has 0 amide bonds. The Hall–Kier alpha value is -7.21. The van der Waals surface area contributed by atoms with Gasteiger partial charge in [-0.15, -0.1) is 11.3 Å². The summed E-state index contributed by atoms with van der Waals surface area (Å²) in [6.45, 7) is 0. The third-order valence-electron chi connectivity index (χ3n) is 10.6. The highest BCUT2D eigenvalue weighted by Crippen LogP contribution is 2.47. The van der Waals surface area contributed by atoms with Gasteiger partial charge in [-0.05, 0) is 40.5 Å². The minimum absolute atomic E-state index is 0.648. The van der Waals surface area contributed by atoms with E-state index in [-0.39, 0.29) is 0 Å². The van der Waals surface area contributed by atoms with Crippen molar-refractivity contribution in [3.05, 3.63) is 188 Å². The first-order valence-electron chi connectivity index (χ1n) is 18.7. The molecule has 0 unspecified atom stereocenters. The summed E-state index contributed by atoms with van der Waals surface area (Å²) in [4.78, 5) is 15.1. The molecule has 56 heavy (non-hydrogen) atoms. The average molecular weight is 734 g/mol. The zero-order valence-electron chi connectivity index (χ0n) is 30.1. The van der Waals surface area contributed by atoms with E-state index in [0.717, 1.165) is 65.6 Å². The van der Waals surface area contributed by atoms with Gasteiger partial charge >= 0.3 is 0 Å². The maximum Gasteiger partial charge on any atom is 0.165 e. The lowest BCUT2D eigenvalue weighted by Gasteiger charge is -2.10. The molecule has 262 valence electrons. The molecule has 5 heteroatoms. The van der Waals surface area contributed by atoms with Crippen molar-refractivity contribution in [1.82, 2.24) is 15.0 Å². The summed E-state index contributed by atoms with van der Waals surface area (Å²) >= 11 is 1.78. The van der Waals surface area contributed by atoms with Crippen LogP contribution < -0.4 is 0 Å². The van der Waals surface area contributed by atoms with Crippen LogP contribution in [0.1, 0.15) is 0 Å². The Morgan fingerprint density at radius 2 is 0.804 bits per heavy atom. The Morgan fingerprint density at radius 3 is 1.46 bits per heavy atom. The molecular weight excluding hydrogens is 703 g/mol. The molecule has 4 nitrogen and oxygen atoms in total. The van der Waals surface area contributed by atoms with Gasteiger partial charge in [-0.2, -0.15) is 0 Å². The van der Waals surface area contributed by atoms with Gasteiger partial charge in [-0.3, -0.25) is 0 Å². The largest absolute Gasteiger partial charge is 0.455 e. The van der Waals surface area contributed by atoms with Gasteiger partial charge in [-0.25, -0.2) is 15.0 Å². The van der Waals surface area contributed by atoms with Crippen molar-refractivity contribution in [3.8, 4) is 67.5 Å². The third kappa shape index (κ3) is 5.40. The Kier molecular flexibility index (Phi) is 7.64. The fourth-order valence-corrected chi connectivity index (χ4v) is 9.23. The second-order valence-corrected chi connectivity index (χ2v) is 14.9. The minimum Gasteiger partial charge on any atom is -0.455 e. The molecule has 3 heterocycles. The van der Waals surface area contributed by atoms with Crippen LogP contribution in [0.4, 0.5) is 0 Å². The zero-order chi connectivity index (χ0) is 37.0. The zero-order valence-corrected chi connectivity index (χ0v) is 30.9. The minimum atomic E-state index is 0.648. The number of furan rings is 1. The summed E-state index contributed by atoms with van der Waals surface area (Å²) in [5, 5.41) is 4.59. The molecule has 0 fully saturated rings. The number of hydrogen-bond acceptors (Lipinski definition) is 5. The summed E-state index contributed by atoms with van der Waals surface area (Å²) in [6, 6.07) is 65.5. The highest BCUT2D eigenvalue weighted by atomic mass is 32.1. The fraction of sp³-hybridized carbons (Fsp3) is 0.